The molecule has 0 aliphatic rings. The van der Waals surface area contributed by atoms with Crippen LogP contribution in [-0.4, -0.2) is 28.1 Å². The molecule has 0 amide bonds. The Morgan fingerprint density at radius 1 is 1.19 bits per heavy atom. The zero-order chi connectivity index (χ0) is 16.2. The largest absolute Gasteiger partial charge is 0.367 e. The minimum Gasteiger partial charge on any atom is -0.367 e. The Balaban J connectivity index is 3.16. The molecule has 1 aromatic rings. The second-order valence-corrected chi connectivity index (χ2v) is 7.20. The zero-order valence-corrected chi connectivity index (χ0v) is 15.0. The molecule has 1 heterocycles. The number of hydrogen-bond donors (Lipinski definition) is 1. The maximum absolute atomic E-state index is 4.81. The summed E-state index contributed by atoms with van der Waals surface area (Å²) in [6, 6.07) is 0.442. The van der Waals surface area contributed by atoms with E-state index in [0.29, 0.717) is 12.0 Å². The van der Waals surface area contributed by atoms with Gasteiger partial charge in [-0.1, -0.05) is 13.8 Å². The van der Waals surface area contributed by atoms with Gasteiger partial charge in [-0.15, -0.1) is 0 Å². The average molecular weight is 292 g/mol. The lowest BCUT2D eigenvalue weighted by Gasteiger charge is -2.30. The molecule has 4 nitrogen and oxygen atoms in total. The second kappa shape index (κ2) is 7.21. The molecule has 4 heteroatoms. The Morgan fingerprint density at radius 2 is 1.81 bits per heavy atom. The predicted octanol–water partition coefficient (Wildman–Crippen LogP) is 3.72. The molecule has 0 radical (unpaired) electrons. The highest BCUT2D eigenvalue weighted by molar-refractivity contribution is 5.50. The van der Waals surface area contributed by atoms with Crippen LogP contribution in [0.25, 0.3) is 0 Å². The van der Waals surface area contributed by atoms with Gasteiger partial charge in [0.2, 0.25) is 0 Å². The van der Waals surface area contributed by atoms with Gasteiger partial charge < -0.3 is 10.2 Å². The standard InChI is InChI=1S/C17H32N4/c1-9-21(13(4)5)15-11-18-16(12(2)3)20-14(15)10-19-17(6,7)8/h11-13,19H,9-10H2,1-8H3. The van der Waals surface area contributed by atoms with Gasteiger partial charge in [0.25, 0.3) is 0 Å². The molecule has 1 aromatic heterocycles. The summed E-state index contributed by atoms with van der Waals surface area (Å²) < 4.78 is 0. The minimum atomic E-state index is 0.0785. The van der Waals surface area contributed by atoms with Crippen LogP contribution in [-0.2, 0) is 6.54 Å². The lowest BCUT2D eigenvalue weighted by atomic mass is 10.1. The molecule has 0 aliphatic heterocycles. The van der Waals surface area contributed by atoms with E-state index in [2.05, 4.69) is 70.6 Å². The molecule has 0 aliphatic carbocycles. The molecule has 0 fully saturated rings. The van der Waals surface area contributed by atoms with Crippen LogP contribution in [0, 0.1) is 0 Å². The number of anilines is 1. The van der Waals surface area contributed by atoms with Crippen LogP contribution >= 0.6 is 0 Å². The molecule has 0 spiro atoms. The normalized spacial score (nSPS) is 12.3. The number of nitrogens with zero attached hydrogens (tertiary/aromatic N) is 3. The average Bonchev–Trinajstić information content (AvgIpc) is 2.36. The Hall–Kier alpha value is -1.16. The van der Waals surface area contributed by atoms with Crippen molar-refractivity contribution in [1.29, 1.82) is 0 Å². The molecule has 1 N–H and O–H groups in total. The topological polar surface area (TPSA) is 41.1 Å². The van der Waals surface area contributed by atoms with Crippen LogP contribution in [0.15, 0.2) is 6.20 Å². The quantitative estimate of drug-likeness (QED) is 0.867. The van der Waals surface area contributed by atoms with Crippen molar-refractivity contribution in [1.82, 2.24) is 15.3 Å². The van der Waals surface area contributed by atoms with Crippen molar-refractivity contribution >= 4 is 5.69 Å². The van der Waals surface area contributed by atoms with Crippen LogP contribution in [0.1, 0.15) is 72.8 Å². The maximum atomic E-state index is 4.81. The molecule has 0 saturated heterocycles. The number of hydrogen-bond acceptors (Lipinski definition) is 4. The zero-order valence-electron chi connectivity index (χ0n) is 15.0. The molecule has 21 heavy (non-hydrogen) atoms. The highest BCUT2D eigenvalue weighted by Crippen LogP contribution is 2.22. The van der Waals surface area contributed by atoms with E-state index in [0.717, 1.165) is 30.3 Å². The summed E-state index contributed by atoms with van der Waals surface area (Å²) in [7, 11) is 0. The van der Waals surface area contributed by atoms with E-state index in [-0.39, 0.29) is 5.54 Å². The van der Waals surface area contributed by atoms with Gasteiger partial charge in [0.05, 0.1) is 17.6 Å². The monoisotopic (exact) mass is 292 g/mol. The highest BCUT2D eigenvalue weighted by atomic mass is 15.2. The summed E-state index contributed by atoms with van der Waals surface area (Å²) >= 11 is 0. The van der Waals surface area contributed by atoms with Crippen molar-refractivity contribution in [2.75, 3.05) is 11.4 Å². The van der Waals surface area contributed by atoms with Gasteiger partial charge in [-0.25, -0.2) is 9.97 Å². The summed E-state index contributed by atoms with van der Waals surface area (Å²) in [5, 5.41) is 3.55. The Morgan fingerprint density at radius 3 is 2.24 bits per heavy atom. The first-order chi connectivity index (χ1) is 9.65. The first-order valence-corrected chi connectivity index (χ1v) is 8.03. The third-order valence-corrected chi connectivity index (χ3v) is 3.44. The van der Waals surface area contributed by atoms with E-state index < -0.39 is 0 Å². The molecular weight excluding hydrogens is 260 g/mol. The van der Waals surface area contributed by atoms with Crippen LogP contribution in [0.3, 0.4) is 0 Å². The number of aromatic nitrogens is 2. The van der Waals surface area contributed by atoms with E-state index in [1.165, 1.54) is 0 Å². The van der Waals surface area contributed by atoms with Crippen molar-refractivity contribution < 1.29 is 0 Å². The van der Waals surface area contributed by atoms with E-state index in [1.54, 1.807) is 0 Å². The molecule has 120 valence electrons. The van der Waals surface area contributed by atoms with Crippen LogP contribution in [0.4, 0.5) is 5.69 Å². The molecule has 0 atom stereocenters. The molecule has 0 bridgehead atoms. The third kappa shape index (κ3) is 5.27. The van der Waals surface area contributed by atoms with Gasteiger partial charge in [-0.2, -0.15) is 0 Å². The van der Waals surface area contributed by atoms with Gasteiger partial charge in [0, 0.05) is 30.6 Å². The van der Waals surface area contributed by atoms with E-state index in [9.17, 15) is 0 Å². The predicted molar refractivity (Wildman–Crippen MR) is 90.9 cm³/mol. The Labute approximate surface area is 130 Å². The van der Waals surface area contributed by atoms with Gasteiger partial charge in [-0.05, 0) is 41.5 Å². The summed E-state index contributed by atoms with van der Waals surface area (Å²) in [6.45, 7) is 19.1. The Bertz CT molecular complexity index is 447. The summed E-state index contributed by atoms with van der Waals surface area (Å²) in [6.07, 6.45) is 1.99. The molecular formula is C17H32N4. The smallest absolute Gasteiger partial charge is 0.131 e. The van der Waals surface area contributed by atoms with Crippen molar-refractivity contribution in [3.63, 3.8) is 0 Å². The lowest BCUT2D eigenvalue weighted by Crippen LogP contribution is -2.37. The Kier molecular flexibility index (Phi) is 6.14. The van der Waals surface area contributed by atoms with Gasteiger partial charge in [0.1, 0.15) is 5.82 Å². The number of rotatable bonds is 6. The van der Waals surface area contributed by atoms with Gasteiger partial charge in [0.15, 0.2) is 0 Å². The molecule has 1 rings (SSSR count). The SMILES string of the molecule is CCN(c1cnc(C(C)C)nc1CNC(C)(C)C)C(C)C. The molecule has 0 unspecified atom stereocenters. The fourth-order valence-corrected chi connectivity index (χ4v) is 2.24. The van der Waals surface area contributed by atoms with Crippen molar-refractivity contribution in [2.45, 2.75) is 79.4 Å². The van der Waals surface area contributed by atoms with Crippen molar-refractivity contribution in [3.8, 4) is 0 Å². The van der Waals surface area contributed by atoms with E-state index in [1.807, 2.05) is 6.20 Å². The first-order valence-electron chi connectivity index (χ1n) is 8.03. The molecule has 0 saturated carbocycles. The first kappa shape index (κ1) is 17.9. The summed E-state index contributed by atoms with van der Waals surface area (Å²) in [5.74, 6) is 1.27. The van der Waals surface area contributed by atoms with Crippen molar-refractivity contribution in [3.05, 3.63) is 17.7 Å². The molecule has 0 aromatic carbocycles. The van der Waals surface area contributed by atoms with Crippen LogP contribution < -0.4 is 10.2 Å². The van der Waals surface area contributed by atoms with Crippen LogP contribution in [0.5, 0.6) is 0 Å². The van der Waals surface area contributed by atoms with Crippen molar-refractivity contribution in [2.24, 2.45) is 0 Å². The maximum Gasteiger partial charge on any atom is 0.131 e. The van der Waals surface area contributed by atoms with Gasteiger partial charge >= 0.3 is 0 Å². The third-order valence-electron chi connectivity index (χ3n) is 3.44. The van der Waals surface area contributed by atoms with E-state index in [4.69, 9.17) is 4.98 Å². The summed E-state index contributed by atoms with van der Waals surface area (Å²) in [4.78, 5) is 11.7. The number of nitrogens with one attached hydrogen (secondary N) is 1. The van der Waals surface area contributed by atoms with Crippen LogP contribution in [0.2, 0.25) is 0 Å². The fourth-order valence-electron chi connectivity index (χ4n) is 2.24. The van der Waals surface area contributed by atoms with Gasteiger partial charge in [-0.3, -0.25) is 0 Å². The second-order valence-electron chi connectivity index (χ2n) is 7.20. The minimum absolute atomic E-state index is 0.0785. The summed E-state index contributed by atoms with van der Waals surface area (Å²) in [5.41, 5.74) is 2.32. The fraction of sp³-hybridized carbons (Fsp3) is 0.765. The lowest BCUT2D eigenvalue weighted by molar-refractivity contribution is 0.420. The van der Waals surface area contributed by atoms with E-state index >= 15 is 0 Å². The highest BCUT2D eigenvalue weighted by Gasteiger charge is 2.18.